The molecule has 0 aromatic carbocycles. The number of cyclic esters (lactones) is 1. The van der Waals surface area contributed by atoms with Crippen LogP contribution in [0.5, 0.6) is 0 Å². The van der Waals surface area contributed by atoms with Gasteiger partial charge in [-0.2, -0.15) is 0 Å². The van der Waals surface area contributed by atoms with Crippen LogP contribution in [0.3, 0.4) is 0 Å². The first-order chi connectivity index (χ1) is 39.2. The maximum absolute atomic E-state index is 14.7. The van der Waals surface area contributed by atoms with E-state index >= 15 is 0 Å². The summed E-state index contributed by atoms with van der Waals surface area (Å²) >= 11 is 0. The first kappa shape index (κ1) is 70.5. The van der Waals surface area contributed by atoms with E-state index in [0.29, 0.717) is 116 Å². The summed E-state index contributed by atoms with van der Waals surface area (Å²) in [6, 6.07) is -1.99. The summed E-state index contributed by atoms with van der Waals surface area (Å²) in [5.74, 6) is -7.83. The Morgan fingerprint density at radius 1 is 0.768 bits per heavy atom. The second-order valence-corrected chi connectivity index (χ2v) is 22.8. The van der Waals surface area contributed by atoms with Crippen LogP contribution in [0.25, 0.3) is 0 Å². The molecule has 3 heterocycles. The van der Waals surface area contributed by atoms with E-state index in [1.807, 2.05) is 58.1 Å². The van der Waals surface area contributed by atoms with Crippen LogP contribution in [-0.4, -0.2) is 204 Å². The molecular weight excluding hydrogens is 1060 g/mol. The summed E-state index contributed by atoms with van der Waals surface area (Å²) in [6.07, 6.45) is 8.34. The first-order valence-corrected chi connectivity index (χ1v) is 29.8. The largest absolute Gasteiger partial charge is 0.459 e. The maximum atomic E-state index is 14.7. The quantitative estimate of drug-likeness (QED) is 0.0436. The predicted octanol–water partition coefficient (Wildman–Crippen LogP) is 5.48. The van der Waals surface area contributed by atoms with Crippen LogP contribution >= 0.6 is 0 Å². The van der Waals surface area contributed by atoms with Gasteiger partial charge in [0.05, 0.1) is 70.7 Å². The molecule has 21 heteroatoms. The van der Waals surface area contributed by atoms with Crippen LogP contribution < -0.4 is 11.1 Å². The monoisotopic (exact) mass is 1160 g/mol. The molecule has 0 spiro atoms. The second kappa shape index (κ2) is 36.8. The van der Waals surface area contributed by atoms with Gasteiger partial charge in [-0.25, -0.2) is 9.59 Å². The number of carbonyl (C=O) groups is 5. The summed E-state index contributed by atoms with van der Waals surface area (Å²) in [4.78, 5) is 71.2. The molecule has 468 valence electrons. The van der Waals surface area contributed by atoms with E-state index in [-0.39, 0.29) is 44.4 Å². The van der Waals surface area contributed by atoms with Crippen molar-refractivity contribution >= 4 is 29.5 Å². The number of alkyl carbamates (subject to hydrolysis) is 1. The Kier molecular flexibility index (Phi) is 31.6. The lowest BCUT2D eigenvalue weighted by Gasteiger charge is -2.43. The third-order valence-electron chi connectivity index (χ3n) is 16.5. The van der Waals surface area contributed by atoms with Crippen molar-refractivity contribution in [2.75, 3.05) is 87.3 Å². The molecule has 0 aromatic heterocycles. The number of piperidine rings is 1. The van der Waals surface area contributed by atoms with Gasteiger partial charge >= 0.3 is 12.1 Å². The number of Topliss-reactive ketones (excluding diaryl/α,β-unsaturated/α-hetero) is 2. The van der Waals surface area contributed by atoms with Crippen molar-refractivity contribution in [3.63, 3.8) is 0 Å². The van der Waals surface area contributed by atoms with Gasteiger partial charge in [0.2, 0.25) is 5.79 Å². The van der Waals surface area contributed by atoms with Crippen molar-refractivity contribution in [3.05, 3.63) is 47.6 Å². The molecule has 21 nitrogen and oxygen atoms in total. The number of hydrogen-bond acceptors (Lipinski definition) is 19. The highest BCUT2D eigenvalue weighted by Crippen LogP contribution is 2.38. The topological polar surface area (TPSA) is 280 Å². The number of ether oxygens (including phenoxy) is 10. The molecule has 0 unspecified atom stereocenters. The van der Waals surface area contributed by atoms with E-state index in [4.69, 9.17) is 53.1 Å². The van der Waals surface area contributed by atoms with Gasteiger partial charge < -0.3 is 78.6 Å². The van der Waals surface area contributed by atoms with Crippen LogP contribution in [0.1, 0.15) is 126 Å². The number of allylic oxidation sites excluding steroid dienone is 5. The van der Waals surface area contributed by atoms with Crippen molar-refractivity contribution in [3.8, 4) is 0 Å². The van der Waals surface area contributed by atoms with Gasteiger partial charge in [0.25, 0.3) is 11.7 Å². The fourth-order valence-corrected chi connectivity index (χ4v) is 11.4. The minimum Gasteiger partial charge on any atom is -0.459 e. The van der Waals surface area contributed by atoms with E-state index in [0.717, 1.165) is 5.57 Å². The highest BCUT2D eigenvalue weighted by molar-refractivity contribution is 6.39. The molecule has 3 aliphatic heterocycles. The minimum absolute atomic E-state index is 0.0422. The Bertz CT molecular complexity index is 2090. The molecule has 2 bridgehead atoms. The molecule has 1 aliphatic carbocycles. The van der Waals surface area contributed by atoms with Crippen LogP contribution in [0.4, 0.5) is 4.79 Å². The number of nitrogens with one attached hydrogen (secondary N) is 1. The highest BCUT2D eigenvalue weighted by Gasteiger charge is 2.53. The van der Waals surface area contributed by atoms with E-state index in [9.17, 15) is 39.3 Å². The third-order valence-corrected chi connectivity index (χ3v) is 16.5. The molecule has 82 heavy (non-hydrogen) atoms. The van der Waals surface area contributed by atoms with Crippen LogP contribution in [-0.2, 0) is 66.5 Å². The van der Waals surface area contributed by atoms with Gasteiger partial charge in [-0.3, -0.25) is 14.4 Å². The molecule has 0 radical (unpaired) electrons. The predicted molar refractivity (Wildman–Crippen MR) is 306 cm³/mol. The van der Waals surface area contributed by atoms with Crippen molar-refractivity contribution in [1.29, 1.82) is 0 Å². The number of aliphatic hydroxyl groups excluding tert-OH is 2. The lowest BCUT2D eigenvalue weighted by molar-refractivity contribution is -0.265. The molecule has 1 saturated carbocycles. The zero-order valence-corrected chi connectivity index (χ0v) is 50.7. The van der Waals surface area contributed by atoms with E-state index in [1.165, 1.54) is 12.0 Å². The fourth-order valence-electron chi connectivity index (χ4n) is 11.4. The van der Waals surface area contributed by atoms with Crippen LogP contribution in [0, 0.1) is 29.6 Å². The maximum Gasteiger partial charge on any atom is 0.407 e. The molecule has 4 rings (SSSR count). The SMILES string of the molecule is CCOCCOCCOCCOCCNC(=O)O[C@@H]1CC[C@@H](C[C@@H](N)[C@@H]2C[C@@H](OC)[C@H](C)/C=C(\C)[C@@H](O)[C@@H](O)C(=O)[C@H](C)C[C@H](C)/C=C/C=C/C=C(\C)[C@@H](OC)C[C@@H]3CC[C@@H](C)[C@@](O)(O3)C(=O)C(=O)N3CCCC[C@H]3C(=O)O2)C[C@H]1OC. The lowest BCUT2D eigenvalue weighted by atomic mass is 9.80. The van der Waals surface area contributed by atoms with Crippen molar-refractivity contribution in [2.45, 2.75) is 192 Å². The van der Waals surface area contributed by atoms with E-state index in [2.05, 4.69) is 5.32 Å². The molecule has 6 N–H and O–H groups in total. The number of ketones is 2. The van der Waals surface area contributed by atoms with Gasteiger partial charge in [-0.05, 0) is 108 Å². The molecular formula is C61H101N3O18. The number of amides is 2. The van der Waals surface area contributed by atoms with Crippen molar-refractivity contribution in [1.82, 2.24) is 10.2 Å². The molecule has 4 aliphatic rings. The number of nitrogens with zero attached hydrogens (tertiary/aromatic N) is 1. The third kappa shape index (κ3) is 22.1. The van der Waals surface area contributed by atoms with Crippen LogP contribution in [0.2, 0.25) is 0 Å². The lowest BCUT2D eigenvalue weighted by Crippen LogP contribution is -2.61. The Morgan fingerprint density at radius 3 is 2.10 bits per heavy atom. The number of aliphatic hydroxyl groups is 3. The van der Waals surface area contributed by atoms with Gasteiger partial charge in [0.1, 0.15) is 30.5 Å². The molecule has 2 amide bonds. The van der Waals surface area contributed by atoms with Gasteiger partial charge in [0, 0.05) is 77.7 Å². The Balaban J connectivity index is 1.54. The fraction of sp³-hybridized carbons (Fsp3) is 0.787. The summed E-state index contributed by atoms with van der Waals surface area (Å²) in [6.45, 7) is 16.5. The number of esters is 1. The van der Waals surface area contributed by atoms with Crippen molar-refractivity contribution in [2.24, 2.45) is 35.3 Å². The van der Waals surface area contributed by atoms with E-state index < -0.39 is 114 Å². The number of fused-ring (bicyclic) bond motifs is 3. The molecule has 2 saturated heterocycles. The first-order valence-electron chi connectivity index (χ1n) is 29.8. The summed E-state index contributed by atoms with van der Waals surface area (Å²) in [7, 11) is 4.62. The number of rotatable bonds is 20. The van der Waals surface area contributed by atoms with Crippen LogP contribution in [0.15, 0.2) is 47.6 Å². The summed E-state index contributed by atoms with van der Waals surface area (Å²) in [5.41, 5.74) is 8.30. The second-order valence-electron chi connectivity index (χ2n) is 22.8. The standard InChI is InChI=1S/C61H101N3O18/c1-11-76-27-28-78-31-32-79-30-29-77-26-24-63-60(71)81-49-23-21-45(36-53(49)75-10)35-47(62)52-38-51(74-9)41(4)34-43(6)55(66)56(67)54(65)42(5)33-39(2)17-13-12-14-18-40(3)50(73-8)37-46-22-20-44(7)61(72,82-46)57(68)58(69)64-25-16-15-19-48(64)59(70)80-52/h12-14,17-18,34,39,41-42,44-53,55-56,66-67,72H,11,15-16,19-33,35-38,62H2,1-10H3,(H,63,71)/b14-12+,17-13+,40-18+,43-34+/t39-,41-,42-,44-,45+,46+,47-,48+,49-,50+,51-,52+,53-,55-,56+,61-/m1/s1. The van der Waals surface area contributed by atoms with E-state index in [1.54, 1.807) is 41.1 Å². The smallest absolute Gasteiger partial charge is 0.407 e. The Morgan fingerprint density at radius 2 is 1.44 bits per heavy atom. The summed E-state index contributed by atoms with van der Waals surface area (Å²) in [5, 5.41) is 37.4. The van der Waals surface area contributed by atoms with Gasteiger partial charge in [-0.1, -0.05) is 64.2 Å². The average molecular weight is 1160 g/mol. The minimum atomic E-state index is -2.46. The molecule has 0 aromatic rings. The van der Waals surface area contributed by atoms with Gasteiger partial charge in [0.15, 0.2) is 5.78 Å². The normalized spacial score (nSPS) is 35.3. The van der Waals surface area contributed by atoms with Crippen molar-refractivity contribution < 1.29 is 86.7 Å². The Hall–Kier alpha value is -3.97. The molecule has 16 atom stereocenters. The zero-order chi connectivity index (χ0) is 60.4. The number of carbonyl (C=O) groups excluding carboxylic acids is 5. The van der Waals surface area contributed by atoms with Gasteiger partial charge in [-0.15, -0.1) is 0 Å². The molecule has 3 fully saturated rings. The zero-order valence-electron chi connectivity index (χ0n) is 50.7. The highest BCUT2D eigenvalue weighted by atomic mass is 16.6. The Labute approximate surface area is 487 Å². The number of nitrogens with two attached hydrogens (primary N) is 1. The average Bonchev–Trinajstić information content (AvgIpc) is 3.26. The summed E-state index contributed by atoms with van der Waals surface area (Å²) < 4.78 is 57.9. The number of hydrogen-bond donors (Lipinski definition) is 5. The number of methoxy groups -OCH3 is 3.